The lowest BCUT2D eigenvalue weighted by atomic mass is 9.84. The molecule has 0 atom stereocenters. The number of hydrogen-bond donors (Lipinski definition) is 0. The lowest BCUT2D eigenvalue weighted by molar-refractivity contribution is 0.00578. The average Bonchev–Trinajstić information content (AvgIpc) is 2.75. The number of aromatic nitrogens is 2. The van der Waals surface area contributed by atoms with Crippen LogP contribution in [-0.2, 0) is 9.31 Å². The van der Waals surface area contributed by atoms with E-state index in [0.717, 1.165) is 27.4 Å². The lowest BCUT2D eigenvalue weighted by Gasteiger charge is -2.32. The SMILES string of the molecule is CC1(C)OB(c2ccc3ccc4cccnc4c3n2)OC1(C)C. The second-order valence-electron chi connectivity index (χ2n) is 7.04. The first-order valence-corrected chi connectivity index (χ1v) is 7.87. The molecule has 0 amide bonds. The van der Waals surface area contributed by atoms with Crippen LogP contribution in [-0.4, -0.2) is 28.3 Å². The fraction of sp³-hybridized carbons (Fsp3) is 0.333. The molecule has 0 unspecified atom stereocenters. The molecule has 4 rings (SSSR count). The zero-order valence-electron chi connectivity index (χ0n) is 13.8. The summed E-state index contributed by atoms with van der Waals surface area (Å²) in [5, 5.41) is 2.15. The highest BCUT2D eigenvalue weighted by molar-refractivity contribution is 6.61. The van der Waals surface area contributed by atoms with Crippen molar-refractivity contribution in [3.05, 3.63) is 42.6 Å². The highest BCUT2D eigenvalue weighted by Crippen LogP contribution is 2.36. The van der Waals surface area contributed by atoms with Gasteiger partial charge in [-0.3, -0.25) is 9.97 Å². The van der Waals surface area contributed by atoms with Crippen LogP contribution < -0.4 is 5.59 Å². The molecule has 1 aliphatic rings. The molecule has 3 heterocycles. The van der Waals surface area contributed by atoms with Gasteiger partial charge in [-0.1, -0.05) is 24.3 Å². The minimum absolute atomic E-state index is 0.370. The van der Waals surface area contributed by atoms with Gasteiger partial charge in [-0.2, -0.15) is 0 Å². The molecule has 23 heavy (non-hydrogen) atoms. The number of benzene rings is 1. The van der Waals surface area contributed by atoms with Crippen molar-refractivity contribution in [2.24, 2.45) is 0 Å². The van der Waals surface area contributed by atoms with E-state index in [0.29, 0.717) is 0 Å². The van der Waals surface area contributed by atoms with Gasteiger partial charge in [0.1, 0.15) is 0 Å². The van der Waals surface area contributed by atoms with Gasteiger partial charge in [0.25, 0.3) is 0 Å². The Balaban J connectivity index is 1.85. The number of hydrogen-bond acceptors (Lipinski definition) is 4. The Morgan fingerprint density at radius 2 is 1.43 bits per heavy atom. The van der Waals surface area contributed by atoms with Gasteiger partial charge < -0.3 is 9.31 Å². The fourth-order valence-corrected chi connectivity index (χ4v) is 2.83. The van der Waals surface area contributed by atoms with E-state index in [2.05, 4.69) is 23.2 Å². The summed E-state index contributed by atoms with van der Waals surface area (Å²) in [5.41, 5.74) is 1.84. The third-order valence-corrected chi connectivity index (χ3v) is 4.95. The maximum Gasteiger partial charge on any atom is 0.514 e. The van der Waals surface area contributed by atoms with Gasteiger partial charge in [-0.25, -0.2) is 0 Å². The van der Waals surface area contributed by atoms with E-state index in [-0.39, 0.29) is 11.2 Å². The first kappa shape index (κ1) is 14.6. The molecule has 3 aromatic rings. The second-order valence-corrected chi connectivity index (χ2v) is 7.04. The molecular weight excluding hydrogens is 287 g/mol. The van der Waals surface area contributed by atoms with E-state index in [9.17, 15) is 0 Å². The van der Waals surface area contributed by atoms with Crippen LogP contribution in [0.25, 0.3) is 21.8 Å². The molecule has 0 aliphatic carbocycles. The summed E-state index contributed by atoms with van der Waals surface area (Å²) in [6.07, 6.45) is 1.80. The molecular formula is C18H19BN2O2. The summed E-state index contributed by atoms with van der Waals surface area (Å²) >= 11 is 0. The van der Waals surface area contributed by atoms with Crippen molar-refractivity contribution in [3.63, 3.8) is 0 Å². The molecule has 0 saturated carbocycles. The van der Waals surface area contributed by atoms with Crippen LogP contribution in [0.2, 0.25) is 0 Å². The summed E-state index contributed by atoms with van der Waals surface area (Å²) in [5.74, 6) is 0. The molecule has 0 bridgehead atoms. The predicted molar refractivity (Wildman–Crippen MR) is 92.8 cm³/mol. The highest BCUT2D eigenvalue weighted by atomic mass is 16.7. The summed E-state index contributed by atoms with van der Waals surface area (Å²) in [4.78, 5) is 9.29. The number of nitrogens with zero attached hydrogens (tertiary/aromatic N) is 2. The van der Waals surface area contributed by atoms with Crippen molar-refractivity contribution in [1.29, 1.82) is 0 Å². The molecule has 1 aromatic carbocycles. The normalized spacial score (nSPS) is 19.6. The standard InChI is InChI=1S/C18H19BN2O2/c1-17(2)18(3,4)23-19(22-17)14-10-9-13-8-7-12-6-5-11-20-15(12)16(13)21-14/h5-11H,1-4H3. The average molecular weight is 306 g/mol. The van der Waals surface area contributed by atoms with Gasteiger partial charge in [-0.15, -0.1) is 0 Å². The Labute approximate surface area is 136 Å². The quantitative estimate of drug-likeness (QED) is 0.512. The second kappa shape index (κ2) is 4.76. The van der Waals surface area contributed by atoms with Crippen LogP contribution in [0.4, 0.5) is 0 Å². The van der Waals surface area contributed by atoms with Crippen LogP contribution in [0.1, 0.15) is 27.7 Å². The van der Waals surface area contributed by atoms with Gasteiger partial charge in [0.2, 0.25) is 0 Å². The van der Waals surface area contributed by atoms with Crippen molar-refractivity contribution in [2.75, 3.05) is 0 Å². The van der Waals surface area contributed by atoms with E-state index in [1.165, 1.54) is 0 Å². The molecule has 1 saturated heterocycles. The van der Waals surface area contributed by atoms with Crippen molar-refractivity contribution in [1.82, 2.24) is 9.97 Å². The van der Waals surface area contributed by atoms with Crippen molar-refractivity contribution < 1.29 is 9.31 Å². The van der Waals surface area contributed by atoms with Crippen molar-refractivity contribution in [2.45, 2.75) is 38.9 Å². The molecule has 1 fully saturated rings. The molecule has 1 aliphatic heterocycles. The lowest BCUT2D eigenvalue weighted by Crippen LogP contribution is -2.41. The van der Waals surface area contributed by atoms with Crippen LogP contribution in [0.3, 0.4) is 0 Å². The third-order valence-electron chi connectivity index (χ3n) is 4.95. The van der Waals surface area contributed by atoms with E-state index < -0.39 is 7.12 Å². The van der Waals surface area contributed by atoms with Gasteiger partial charge >= 0.3 is 7.12 Å². The van der Waals surface area contributed by atoms with Gasteiger partial charge in [0.05, 0.1) is 27.8 Å². The van der Waals surface area contributed by atoms with E-state index in [1.54, 1.807) is 6.20 Å². The fourth-order valence-electron chi connectivity index (χ4n) is 2.83. The Kier molecular flexibility index (Phi) is 3.02. The Morgan fingerprint density at radius 3 is 2.13 bits per heavy atom. The molecule has 0 spiro atoms. The first-order valence-electron chi connectivity index (χ1n) is 7.87. The predicted octanol–water partition coefficient (Wildman–Crippen LogP) is 3.08. The van der Waals surface area contributed by atoms with Gasteiger partial charge in [-0.05, 0) is 39.8 Å². The minimum Gasteiger partial charge on any atom is -0.398 e. The summed E-state index contributed by atoms with van der Waals surface area (Å²) in [6.45, 7) is 8.19. The molecule has 0 N–H and O–H groups in total. The zero-order chi connectivity index (χ0) is 16.2. The Bertz CT molecular complexity index is 892. The number of rotatable bonds is 1. The maximum absolute atomic E-state index is 6.11. The molecule has 4 nitrogen and oxygen atoms in total. The van der Waals surface area contributed by atoms with Crippen molar-refractivity contribution in [3.8, 4) is 0 Å². The summed E-state index contributed by atoms with van der Waals surface area (Å²) in [7, 11) is -0.455. The molecule has 0 radical (unpaired) electrons. The molecule has 116 valence electrons. The minimum atomic E-state index is -0.455. The molecule has 5 heteroatoms. The number of pyridine rings is 2. The van der Waals surface area contributed by atoms with Crippen LogP contribution in [0, 0.1) is 0 Å². The van der Waals surface area contributed by atoms with E-state index in [4.69, 9.17) is 14.3 Å². The highest BCUT2D eigenvalue weighted by Gasteiger charge is 2.52. The zero-order valence-corrected chi connectivity index (χ0v) is 13.8. The van der Waals surface area contributed by atoms with E-state index in [1.807, 2.05) is 45.9 Å². The number of fused-ring (bicyclic) bond motifs is 3. The smallest absolute Gasteiger partial charge is 0.398 e. The van der Waals surface area contributed by atoms with E-state index >= 15 is 0 Å². The van der Waals surface area contributed by atoms with Crippen molar-refractivity contribution >= 4 is 34.5 Å². The monoisotopic (exact) mass is 306 g/mol. The van der Waals surface area contributed by atoms with Crippen LogP contribution in [0.5, 0.6) is 0 Å². The third kappa shape index (κ3) is 2.23. The summed E-state index contributed by atoms with van der Waals surface area (Å²) in [6, 6.07) is 12.1. The summed E-state index contributed by atoms with van der Waals surface area (Å²) < 4.78 is 12.2. The first-order chi connectivity index (χ1) is 10.9. The van der Waals surface area contributed by atoms with Gasteiger partial charge in [0.15, 0.2) is 0 Å². The maximum atomic E-state index is 6.11. The Morgan fingerprint density at radius 1 is 0.826 bits per heavy atom. The van der Waals surface area contributed by atoms with Gasteiger partial charge in [0, 0.05) is 17.0 Å². The van der Waals surface area contributed by atoms with Crippen LogP contribution >= 0.6 is 0 Å². The topological polar surface area (TPSA) is 44.2 Å². The largest absolute Gasteiger partial charge is 0.514 e. The van der Waals surface area contributed by atoms with Crippen LogP contribution in [0.15, 0.2) is 42.6 Å². The molecule has 2 aromatic heterocycles. The Hall–Kier alpha value is -1.98.